The molecular weight excluding hydrogens is 342 g/mol. The number of para-hydroxylation sites is 1. The van der Waals surface area contributed by atoms with Gasteiger partial charge in [0.1, 0.15) is 5.82 Å². The largest absolute Gasteiger partial charge is 0.493 e. The zero-order valence-corrected chi connectivity index (χ0v) is 15.0. The minimum absolute atomic E-state index is 0.140. The Labute approximate surface area is 149 Å². The molecular formula is C17H19N3O4S. The summed E-state index contributed by atoms with van der Waals surface area (Å²) in [6.45, 7) is 1.96. The number of aromatic nitrogens is 2. The summed E-state index contributed by atoms with van der Waals surface area (Å²) in [6.07, 6.45) is 0.140. The van der Waals surface area contributed by atoms with Gasteiger partial charge in [-0.05, 0) is 11.8 Å². The number of amides is 1. The molecule has 0 saturated carbocycles. The number of H-pyrrole nitrogens is 1. The van der Waals surface area contributed by atoms with Crippen LogP contribution in [-0.2, 0) is 4.79 Å². The molecule has 1 aliphatic rings. The Morgan fingerprint density at radius 1 is 1.28 bits per heavy atom. The van der Waals surface area contributed by atoms with Crippen LogP contribution in [0.1, 0.15) is 30.4 Å². The highest BCUT2D eigenvalue weighted by Gasteiger charge is 2.33. The summed E-state index contributed by atoms with van der Waals surface area (Å²) in [5, 5.41) is 3.20. The van der Waals surface area contributed by atoms with Gasteiger partial charge in [0.2, 0.25) is 5.91 Å². The molecule has 1 aromatic carbocycles. The van der Waals surface area contributed by atoms with Crippen molar-refractivity contribution in [3.8, 4) is 11.5 Å². The van der Waals surface area contributed by atoms with E-state index in [9.17, 15) is 9.59 Å². The second-order valence-electron chi connectivity index (χ2n) is 5.45. The van der Waals surface area contributed by atoms with E-state index in [1.165, 1.54) is 18.9 Å². The number of nitrogens with one attached hydrogen (secondary N) is 2. The highest BCUT2D eigenvalue weighted by Crippen LogP contribution is 2.42. The van der Waals surface area contributed by atoms with Gasteiger partial charge < -0.3 is 19.8 Å². The second kappa shape index (κ2) is 7.18. The summed E-state index contributed by atoms with van der Waals surface area (Å²) in [4.78, 5) is 32.1. The van der Waals surface area contributed by atoms with E-state index in [4.69, 9.17) is 9.47 Å². The Kier molecular flexibility index (Phi) is 4.98. The molecule has 0 bridgehead atoms. The van der Waals surface area contributed by atoms with Crippen LogP contribution in [0.25, 0.3) is 0 Å². The molecule has 1 atom stereocenters. The maximum Gasteiger partial charge on any atom is 0.257 e. The molecule has 0 unspecified atom stereocenters. The third kappa shape index (κ3) is 3.21. The third-order valence-electron chi connectivity index (χ3n) is 4.02. The van der Waals surface area contributed by atoms with Crippen molar-refractivity contribution in [1.29, 1.82) is 0 Å². The van der Waals surface area contributed by atoms with Gasteiger partial charge in [0, 0.05) is 17.9 Å². The van der Waals surface area contributed by atoms with Crippen LogP contribution in [0.3, 0.4) is 0 Å². The number of aromatic amines is 1. The van der Waals surface area contributed by atoms with Gasteiger partial charge in [0.25, 0.3) is 5.56 Å². The van der Waals surface area contributed by atoms with E-state index in [-0.39, 0.29) is 17.9 Å². The topological polar surface area (TPSA) is 93.3 Å². The molecule has 0 spiro atoms. The second-order valence-corrected chi connectivity index (χ2v) is 6.71. The highest BCUT2D eigenvalue weighted by atomic mass is 32.2. The van der Waals surface area contributed by atoms with Gasteiger partial charge in [0.15, 0.2) is 16.7 Å². The molecule has 0 saturated heterocycles. The lowest BCUT2D eigenvalue weighted by molar-refractivity contribution is -0.116. The highest BCUT2D eigenvalue weighted by molar-refractivity contribution is 7.99. The molecule has 132 valence electrons. The molecule has 1 aromatic heterocycles. The number of benzene rings is 1. The number of rotatable bonds is 5. The van der Waals surface area contributed by atoms with Crippen molar-refractivity contribution in [2.24, 2.45) is 0 Å². The van der Waals surface area contributed by atoms with Gasteiger partial charge in [-0.3, -0.25) is 9.59 Å². The number of carbonyl (C=O) groups excluding carboxylic acids is 1. The third-order valence-corrected chi connectivity index (χ3v) is 4.77. The summed E-state index contributed by atoms with van der Waals surface area (Å²) in [6, 6.07) is 5.42. The SMILES string of the molecule is CCSc1nc2c(c(=O)[nH]1)[C@H](c1cccc(OC)c1OC)CC(=O)N2. The van der Waals surface area contributed by atoms with Gasteiger partial charge in [-0.2, -0.15) is 0 Å². The Morgan fingerprint density at radius 3 is 2.76 bits per heavy atom. The van der Waals surface area contributed by atoms with Crippen LogP contribution in [0.15, 0.2) is 28.2 Å². The van der Waals surface area contributed by atoms with Crippen LogP contribution in [-0.4, -0.2) is 35.8 Å². The van der Waals surface area contributed by atoms with E-state index in [2.05, 4.69) is 15.3 Å². The average molecular weight is 361 g/mol. The van der Waals surface area contributed by atoms with E-state index in [1.54, 1.807) is 13.2 Å². The first-order chi connectivity index (χ1) is 12.1. The first-order valence-electron chi connectivity index (χ1n) is 7.86. The van der Waals surface area contributed by atoms with Gasteiger partial charge in [-0.25, -0.2) is 4.98 Å². The molecule has 2 heterocycles. The Bertz CT molecular complexity index is 865. The fourth-order valence-corrected chi connectivity index (χ4v) is 3.60. The van der Waals surface area contributed by atoms with Crippen LogP contribution in [0, 0.1) is 0 Å². The number of carbonyl (C=O) groups is 1. The zero-order chi connectivity index (χ0) is 18.0. The number of hydrogen-bond acceptors (Lipinski definition) is 6. The molecule has 7 nitrogen and oxygen atoms in total. The summed E-state index contributed by atoms with van der Waals surface area (Å²) >= 11 is 1.41. The summed E-state index contributed by atoms with van der Waals surface area (Å²) in [7, 11) is 3.08. The molecule has 1 amide bonds. The Morgan fingerprint density at radius 2 is 2.08 bits per heavy atom. The van der Waals surface area contributed by atoms with E-state index in [0.717, 1.165) is 11.3 Å². The lowest BCUT2D eigenvalue weighted by Gasteiger charge is -2.26. The van der Waals surface area contributed by atoms with Crippen molar-refractivity contribution in [3.05, 3.63) is 39.7 Å². The van der Waals surface area contributed by atoms with E-state index in [1.807, 2.05) is 19.1 Å². The van der Waals surface area contributed by atoms with Crippen LogP contribution in [0.4, 0.5) is 5.82 Å². The van der Waals surface area contributed by atoms with Crippen molar-refractivity contribution in [2.75, 3.05) is 25.3 Å². The predicted molar refractivity (Wildman–Crippen MR) is 95.9 cm³/mol. The van der Waals surface area contributed by atoms with Crippen LogP contribution < -0.4 is 20.3 Å². The smallest absolute Gasteiger partial charge is 0.257 e. The monoisotopic (exact) mass is 361 g/mol. The molecule has 0 fully saturated rings. The molecule has 1 aliphatic heterocycles. The number of hydrogen-bond donors (Lipinski definition) is 2. The standard InChI is InChI=1S/C17H19N3O4S/c1-4-25-17-19-15-13(16(22)20-17)10(8-12(21)18-15)9-6-5-7-11(23-2)14(9)24-3/h5-7,10H,4,8H2,1-3H3,(H2,18,19,20,21,22)/t10-/m0/s1. The van der Waals surface area contributed by atoms with Crippen molar-refractivity contribution in [1.82, 2.24) is 9.97 Å². The fourth-order valence-electron chi connectivity index (χ4n) is 3.01. The average Bonchev–Trinajstić information content (AvgIpc) is 2.60. The van der Waals surface area contributed by atoms with Crippen molar-refractivity contribution < 1.29 is 14.3 Å². The number of anilines is 1. The van der Waals surface area contributed by atoms with Crippen molar-refractivity contribution in [2.45, 2.75) is 24.4 Å². The molecule has 25 heavy (non-hydrogen) atoms. The Hall–Kier alpha value is -2.48. The zero-order valence-electron chi connectivity index (χ0n) is 14.2. The number of nitrogens with zero attached hydrogens (tertiary/aromatic N) is 1. The predicted octanol–water partition coefficient (Wildman–Crippen LogP) is 2.37. The maximum absolute atomic E-state index is 12.7. The van der Waals surface area contributed by atoms with Gasteiger partial charge in [0.05, 0.1) is 19.8 Å². The quantitative estimate of drug-likeness (QED) is 0.627. The number of ether oxygens (including phenoxy) is 2. The number of fused-ring (bicyclic) bond motifs is 1. The molecule has 3 rings (SSSR count). The summed E-state index contributed by atoms with van der Waals surface area (Å²) in [5.74, 6) is 1.50. The van der Waals surface area contributed by atoms with E-state index < -0.39 is 5.92 Å². The van der Waals surface area contributed by atoms with Crippen molar-refractivity contribution in [3.63, 3.8) is 0 Å². The van der Waals surface area contributed by atoms with Crippen molar-refractivity contribution >= 4 is 23.5 Å². The first kappa shape index (κ1) is 17.3. The molecule has 0 aliphatic carbocycles. The van der Waals surface area contributed by atoms with Gasteiger partial charge >= 0.3 is 0 Å². The molecule has 2 aromatic rings. The summed E-state index contributed by atoms with van der Waals surface area (Å²) in [5.41, 5.74) is 0.906. The minimum Gasteiger partial charge on any atom is -0.493 e. The summed E-state index contributed by atoms with van der Waals surface area (Å²) < 4.78 is 10.8. The lowest BCUT2D eigenvalue weighted by Crippen LogP contribution is -2.31. The minimum atomic E-state index is -0.453. The van der Waals surface area contributed by atoms with Crippen LogP contribution in [0.2, 0.25) is 0 Å². The lowest BCUT2D eigenvalue weighted by atomic mass is 9.86. The van der Waals surface area contributed by atoms with Gasteiger partial charge in [-0.15, -0.1) is 0 Å². The molecule has 2 N–H and O–H groups in total. The number of thioether (sulfide) groups is 1. The van der Waals surface area contributed by atoms with E-state index >= 15 is 0 Å². The van der Waals surface area contributed by atoms with Gasteiger partial charge in [-0.1, -0.05) is 30.8 Å². The van der Waals surface area contributed by atoms with Crippen LogP contribution in [0.5, 0.6) is 11.5 Å². The van der Waals surface area contributed by atoms with Crippen LogP contribution >= 0.6 is 11.8 Å². The fraction of sp³-hybridized carbons (Fsp3) is 0.353. The number of methoxy groups -OCH3 is 2. The normalized spacial score (nSPS) is 16.1. The first-order valence-corrected chi connectivity index (χ1v) is 8.85. The Balaban J connectivity index is 2.18. The molecule has 0 radical (unpaired) electrons. The maximum atomic E-state index is 12.7. The van der Waals surface area contributed by atoms with E-state index in [0.29, 0.717) is 28.0 Å². The molecule has 8 heteroatoms.